The van der Waals surface area contributed by atoms with E-state index in [9.17, 15) is 4.79 Å². The fourth-order valence-electron chi connectivity index (χ4n) is 3.27. The molecule has 1 amide bonds. The third-order valence-corrected chi connectivity index (χ3v) is 5.78. The summed E-state index contributed by atoms with van der Waals surface area (Å²) in [6, 6.07) is 11.2. The Bertz CT molecular complexity index is 1000. The van der Waals surface area contributed by atoms with Crippen LogP contribution in [-0.4, -0.2) is 39.2 Å². The van der Waals surface area contributed by atoms with E-state index in [4.69, 9.17) is 4.74 Å². The molecule has 0 aliphatic carbocycles. The molecule has 0 radical (unpaired) electrons. The lowest BCUT2D eigenvalue weighted by Gasteiger charge is -2.26. The van der Waals surface area contributed by atoms with E-state index in [1.165, 1.54) is 17.8 Å². The molecule has 3 aromatic rings. The van der Waals surface area contributed by atoms with Crippen LogP contribution < -0.4 is 15.0 Å². The molecule has 1 saturated heterocycles. The average Bonchev–Trinajstić information content (AvgIpc) is 3.23. The first-order valence-electron chi connectivity index (χ1n) is 10.1. The highest BCUT2D eigenvalue weighted by atomic mass is 32.1. The van der Waals surface area contributed by atoms with Gasteiger partial charge in [-0.1, -0.05) is 29.5 Å². The highest BCUT2D eigenvalue weighted by Gasteiger charge is 2.19. The molecule has 1 N–H and O–H groups in total. The Balaban J connectivity index is 1.43. The van der Waals surface area contributed by atoms with Gasteiger partial charge < -0.3 is 9.64 Å². The minimum atomic E-state index is -0.321. The highest BCUT2D eigenvalue weighted by molar-refractivity contribution is 7.15. The van der Waals surface area contributed by atoms with Crippen molar-refractivity contribution >= 4 is 28.3 Å². The number of anilines is 2. The summed E-state index contributed by atoms with van der Waals surface area (Å²) in [5.41, 5.74) is 1.09. The molecule has 2 aromatic heterocycles. The topological polar surface area (TPSA) is 93.1 Å². The van der Waals surface area contributed by atoms with Crippen LogP contribution in [0.1, 0.15) is 53.5 Å². The molecule has 4 rings (SSSR count). The third-order valence-electron chi connectivity index (χ3n) is 4.78. The third kappa shape index (κ3) is 4.91. The number of benzene rings is 1. The zero-order valence-corrected chi connectivity index (χ0v) is 17.9. The first kappa shape index (κ1) is 20.2. The van der Waals surface area contributed by atoms with E-state index in [1.807, 2.05) is 44.2 Å². The molecule has 1 fully saturated rings. The molecule has 1 unspecified atom stereocenters. The van der Waals surface area contributed by atoms with Crippen molar-refractivity contribution in [2.24, 2.45) is 0 Å². The normalized spacial score (nSPS) is 14.9. The number of rotatable bonds is 6. The summed E-state index contributed by atoms with van der Waals surface area (Å²) in [5.74, 6) is 1.05. The predicted octanol–water partition coefficient (Wildman–Crippen LogP) is 4.02. The van der Waals surface area contributed by atoms with E-state index < -0.39 is 0 Å². The summed E-state index contributed by atoms with van der Waals surface area (Å²) < 4.78 is 5.87. The lowest BCUT2D eigenvalue weighted by atomic mass is 10.1. The second-order valence-electron chi connectivity index (χ2n) is 7.21. The van der Waals surface area contributed by atoms with Crippen LogP contribution in [0, 0.1) is 6.92 Å². The van der Waals surface area contributed by atoms with Gasteiger partial charge in [0.25, 0.3) is 5.91 Å². The maximum absolute atomic E-state index is 12.8. The van der Waals surface area contributed by atoms with Crippen molar-refractivity contribution in [1.29, 1.82) is 0 Å². The standard InChI is InChI=1S/C21H24N6O2S/c1-14-13-17(23-20(22-14)27-11-7-4-8-12-27)18(28)24-21-26-25-19(30-21)15(2)29-16-9-5-3-6-10-16/h3,5-6,9-10,13,15H,4,7-8,11-12H2,1-2H3,(H,24,26,28). The largest absolute Gasteiger partial charge is 0.483 e. The second-order valence-corrected chi connectivity index (χ2v) is 8.22. The fourth-order valence-corrected chi connectivity index (χ4v) is 3.99. The number of hydrogen-bond donors (Lipinski definition) is 1. The number of nitrogens with zero attached hydrogens (tertiary/aromatic N) is 5. The molecule has 1 aliphatic rings. The molecule has 0 spiro atoms. The number of carbonyl (C=O) groups excluding carboxylic acids is 1. The Hall–Kier alpha value is -3.07. The molecule has 9 heteroatoms. The molecule has 0 bridgehead atoms. The number of piperidine rings is 1. The maximum atomic E-state index is 12.8. The molecule has 3 heterocycles. The minimum Gasteiger partial charge on any atom is -0.483 e. The summed E-state index contributed by atoms with van der Waals surface area (Å²) in [7, 11) is 0. The van der Waals surface area contributed by atoms with Crippen molar-refractivity contribution in [3.63, 3.8) is 0 Å². The predicted molar refractivity (Wildman–Crippen MR) is 116 cm³/mol. The van der Waals surface area contributed by atoms with Gasteiger partial charge >= 0.3 is 0 Å². The lowest BCUT2D eigenvalue weighted by molar-refractivity contribution is 0.102. The SMILES string of the molecule is Cc1cc(C(=O)Nc2nnc(C(C)Oc3ccccc3)s2)nc(N2CCCCC2)n1. The van der Waals surface area contributed by atoms with Crippen molar-refractivity contribution in [3.8, 4) is 5.75 Å². The Morgan fingerprint density at radius 2 is 1.90 bits per heavy atom. The van der Waals surface area contributed by atoms with E-state index in [-0.39, 0.29) is 12.0 Å². The van der Waals surface area contributed by atoms with Crippen LogP contribution in [0.3, 0.4) is 0 Å². The van der Waals surface area contributed by atoms with Crippen molar-refractivity contribution < 1.29 is 9.53 Å². The van der Waals surface area contributed by atoms with Crippen LogP contribution in [-0.2, 0) is 0 Å². The van der Waals surface area contributed by atoms with Crippen LogP contribution in [0.2, 0.25) is 0 Å². The van der Waals surface area contributed by atoms with Gasteiger partial charge in [-0.2, -0.15) is 0 Å². The van der Waals surface area contributed by atoms with E-state index in [1.54, 1.807) is 6.07 Å². The van der Waals surface area contributed by atoms with Gasteiger partial charge in [0.05, 0.1) is 0 Å². The Labute approximate surface area is 179 Å². The van der Waals surface area contributed by atoms with E-state index >= 15 is 0 Å². The summed E-state index contributed by atoms with van der Waals surface area (Å²) in [6.45, 7) is 5.61. The van der Waals surface area contributed by atoms with Gasteiger partial charge in [0.2, 0.25) is 11.1 Å². The number of amides is 1. The Kier molecular flexibility index (Phi) is 6.18. The van der Waals surface area contributed by atoms with Gasteiger partial charge in [-0.05, 0) is 51.3 Å². The molecule has 156 valence electrons. The summed E-state index contributed by atoms with van der Waals surface area (Å²) in [6.07, 6.45) is 3.19. The van der Waals surface area contributed by atoms with Crippen LogP contribution in [0.15, 0.2) is 36.4 Å². The first-order chi connectivity index (χ1) is 14.6. The first-order valence-corrected chi connectivity index (χ1v) is 10.9. The summed E-state index contributed by atoms with van der Waals surface area (Å²) in [5, 5.41) is 12.1. The van der Waals surface area contributed by atoms with Gasteiger partial charge in [-0.25, -0.2) is 9.97 Å². The molecule has 1 aliphatic heterocycles. The number of nitrogens with one attached hydrogen (secondary N) is 1. The molecule has 0 saturated carbocycles. The van der Waals surface area contributed by atoms with E-state index in [0.29, 0.717) is 21.8 Å². The Morgan fingerprint density at radius 1 is 1.13 bits per heavy atom. The monoisotopic (exact) mass is 424 g/mol. The van der Waals surface area contributed by atoms with Crippen LogP contribution >= 0.6 is 11.3 Å². The van der Waals surface area contributed by atoms with Gasteiger partial charge in [-0.3, -0.25) is 10.1 Å². The maximum Gasteiger partial charge on any atom is 0.276 e. The van der Waals surface area contributed by atoms with E-state index in [0.717, 1.165) is 37.4 Å². The van der Waals surface area contributed by atoms with E-state index in [2.05, 4.69) is 30.4 Å². The van der Waals surface area contributed by atoms with Gasteiger partial charge in [0.15, 0.2) is 5.01 Å². The molecular formula is C21H24N6O2S. The van der Waals surface area contributed by atoms with Crippen LogP contribution in [0.4, 0.5) is 11.1 Å². The number of ether oxygens (including phenoxy) is 1. The molecule has 8 nitrogen and oxygen atoms in total. The van der Waals surface area contributed by atoms with Gasteiger partial charge in [-0.15, -0.1) is 10.2 Å². The van der Waals surface area contributed by atoms with Gasteiger partial charge in [0, 0.05) is 18.8 Å². The van der Waals surface area contributed by atoms with Crippen molar-refractivity contribution in [2.45, 2.75) is 39.2 Å². The van der Waals surface area contributed by atoms with Crippen molar-refractivity contribution in [2.75, 3.05) is 23.3 Å². The number of carbonyl (C=O) groups is 1. The Morgan fingerprint density at radius 3 is 2.67 bits per heavy atom. The zero-order chi connectivity index (χ0) is 20.9. The number of hydrogen-bond acceptors (Lipinski definition) is 8. The zero-order valence-electron chi connectivity index (χ0n) is 17.0. The molecule has 1 atom stereocenters. The van der Waals surface area contributed by atoms with Crippen LogP contribution in [0.5, 0.6) is 5.75 Å². The fraction of sp³-hybridized carbons (Fsp3) is 0.381. The number of para-hydroxylation sites is 1. The smallest absolute Gasteiger partial charge is 0.276 e. The lowest BCUT2D eigenvalue weighted by Crippen LogP contribution is -2.31. The molecular weight excluding hydrogens is 400 g/mol. The van der Waals surface area contributed by atoms with Crippen LogP contribution in [0.25, 0.3) is 0 Å². The van der Waals surface area contributed by atoms with Crippen molar-refractivity contribution in [1.82, 2.24) is 20.2 Å². The average molecular weight is 425 g/mol. The van der Waals surface area contributed by atoms with Crippen molar-refractivity contribution in [3.05, 3.63) is 52.8 Å². The highest BCUT2D eigenvalue weighted by Crippen LogP contribution is 2.26. The quantitative estimate of drug-likeness (QED) is 0.639. The molecule has 1 aromatic carbocycles. The summed E-state index contributed by atoms with van der Waals surface area (Å²) in [4.78, 5) is 23.9. The van der Waals surface area contributed by atoms with Gasteiger partial charge in [0.1, 0.15) is 17.5 Å². The number of aromatic nitrogens is 4. The summed E-state index contributed by atoms with van der Waals surface area (Å²) >= 11 is 1.29. The minimum absolute atomic E-state index is 0.275. The number of aryl methyl sites for hydroxylation is 1. The second kappa shape index (κ2) is 9.17. The molecule has 30 heavy (non-hydrogen) atoms.